The van der Waals surface area contributed by atoms with Crippen molar-refractivity contribution in [2.75, 3.05) is 13.2 Å². The van der Waals surface area contributed by atoms with Crippen LogP contribution in [0.25, 0.3) is 0 Å². The Morgan fingerprint density at radius 2 is 0.929 bits per heavy atom. The van der Waals surface area contributed by atoms with Gasteiger partial charge in [-0.3, -0.25) is 34.2 Å². The molecule has 0 aliphatic rings. The summed E-state index contributed by atoms with van der Waals surface area (Å²) in [6.45, 7) is 5.62. The van der Waals surface area contributed by atoms with E-state index in [1.807, 2.05) is 0 Å². The summed E-state index contributed by atoms with van der Waals surface area (Å²) in [7, 11) is 0. The third-order valence-corrected chi connectivity index (χ3v) is 8.02. The van der Waals surface area contributed by atoms with Crippen molar-refractivity contribution in [2.24, 2.45) is 28.7 Å². The molecule has 0 bridgehead atoms. The molecule has 0 spiro atoms. The molecule has 18 heteroatoms. The number of nitrogens with two attached hydrogens (primary N) is 5. The lowest BCUT2D eigenvalue weighted by molar-refractivity contribution is -0.144. The van der Waals surface area contributed by atoms with Crippen molar-refractivity contribution in [3.05, 3.63) is 0 Å². The number of carboxylic acids is 4. The predicted octanol–water partition coefficient (Wildman–Crippen LogP) is 4.18. The second-order valence-corrected chi connectivity index (χ2v) is 13.6. The Kier molecular flexibility index (Phi) is 45.8. The lowest BCUT2D eigenvalue weighted by atomic mass is 10.0. The molecule has 3 unspecified atom stereocenters. The van der Waals surface area contributed by atoms with E-state index < -0.39 is 54.3 Å². The normalized spacial score (nSPS) is 11.7. The zero-order valence-electron chi connectivity index (χ0n) is 34.2. The molecule has 0 aromatic heterocycles. The number of rotatable bonds is 32. The molecule has 1 amide bonds. The topological polar surface area (TPSA) is 359 Å². The molecule has 0 radical (unpaired) electrons. The molecule has 0 aromatic carbocycles. The van der Waals surface area contributed by atoms with Crippen LogP contribution in [0.2, 0.25) is 0 Å². The van der Waals surface area contributed by atoms with Crippen molar-refractivity contribution in [1.29, 1.82) is 5.41 Å². The first kappa shape index (κ1) is 58.7. The highest BCUT2D eigenvalue weighted by molar-refractivity contribution is 5.83. The number of guanidine groups is 1. The predicted molar refractivity (Wildman–Crippen MR) is 217 cm³/mol. The second-order valence-electron chi connectivity index (χ2n) is 13.6. The van der Waals surface area contributed by atoms with Crippen LogP contribution in [0.5, 0.6) is 0 Å². The molecule has 0 aliphatic carbocycles. The number of hydrogen-bond acceptors (Lipinski definition) is 11. The van der Waals surface area contributed by atoms with E-state index in [1.165, 1.54) is 109 Å². The number of carbonyl (C=O) groups excluding carboxylic acids is 2. The molecule has 0 heterocycles. The van der Waals surface area contributed by atoms with Crippen LogP contribution in [0.4, 0.5) is 0 Å². The zero-order chi connectivity index (χ0) is 43.6. The summed E-state index contributed by atoms with van der Waals surface area (Å²) in [5.41, 5.74) is 24.6. The number of amides is 1. The van der Waals surface area contributed by atoms with E-state index in [4.69, 9.17) is 53.5 Å². The Morgan fingerprint density at radius 1 is 0.554 bits per heavy atom. The van der Waals surface area contributed by atoms with Gasteiger partial charge in [-0.05, 0) is 25.7 Å². The van der Waals surface area contributed by atoms with Gasteiger partial charge in [0, 0.05) is 13.0 Å². The monoisotopic (exact) mass is 808 g/mol. The summed E-state index contributed by atoms with van der Waals surface area (Å²) in [4.78, 5) is 61.4. The number of carboxylic acid groups (broad SMARTS) is 4. The minimum absolute atomic E-state index is 0.0154. The van der Waals surface area contributed by atoms with Gasteiger partial charge in [-0.2, -0.15) is 0 Å². The number of unbranched alkanes of at least 4 members (excludes halogenated alkanes) is 17. The van der Waals surface area contributed by atoms with Crippen molar-refractivity contribution in [2.45, 2.75) is 186 Å². The zero-order valence-corrected chi connectivity index (χ0v) is 34.2. The van der Waals surface area contributed by atoms with Crippen LogP contribution in [-0.2, 0) is 33.5 Å². The van der Waals surface area contributed by atoms with Gasteiger partial charge in [-0.15, -0.1) is 0 Å². The summed E-state index contributed by atoms with van der Waals surface area (Å²) in [6.07, 6.45) is 25.7. The molecule has 18 nitrogen and oxygen atoms in total. The van der Waals surface area contributed by atoms with Crippen LogP contribution >= 0.6 is 0 Å². The van der Waals surface area contributed by atoms with Gasteiger partial charge in [0.05, 0.1) is 19.4 Å². The molecule has 3 atom stereocenters. The quantitative estimate of drug-likeness (QED) is 0.0196. The Labute approximate surface area is 333 Å². The molecule has 0 aliphatic heterocycles. The van der Waals surface area contributed by atoms with Gasteiger partial charge >= 0.3 is 29.8 Å². The average molecular weight is 808 g/mol. The third kappa shape index (κ3) is 54.3. The highest BCUT2D eigenvalue weighted by Gasteiger charge is 2.15. The minimum Gasteiger partial charge on any atom is -0.481 e. The van der Waals surface area contributed by atoms with Crippen LogP contribution in [-0.4, -0.2) is 93.4 Å². The summed E-state index contributed by atoms with van der Waals surface area (Å²) < 4.78 is 5.32. The molecule has 16 N–H and O–H groups in total. The minimum atomic E-state index is -1.29. The summed E-state index contributed by atoms with van der Waals surface area (Å²) in [5, 5.41) is 41.8. The number of nitrogens with one attached hydrogen (secondary N) is 2. The number of esters is 1. The first-order valence-corrected chi connectivity index (χ1v) is 20.1. The van der Waals surface area contributed by atoms with Crippen LogP contribution < -0.4 is 34.0 Å². The first-order chi connectivity index (χ1) is 26.4. The maximum absolute atomic E-state index is 11.7. The van der Waals surface area contributed by atoms with E-state index >= 15 is 0 Å². The molecule has 0 fully saturated rings. The van der Waals surface area contributed by atoms with Gasteiger partial charge in [0.1, 0.15) is 18.1 Å². The van der Waals surface area contributed by atoms with Crippen molar-refractivity contribution >= 4 is 41.7 Å². The Bertz CT molecular complexity index is 1000. The van der Waals surface area contributed by atoms with E-state index in [1.54, 1.807) is 0 Å². The summed E-state index contributed by atoms with van der Waals surface area (Å²) in [5.74, 6) is -5.51. The Balaban J connectivity index is -0.000000370. The Morgan fingerprint density at radius 3 is 1.25 bits per heavy atom. The largest absolute Gasteiger partial charge is 0.481 e. The van der Waals surface area contributed by atoms with E-state index in [0.29, 0.717) is 32.4 Å². The van der Waals surface area contributed by atoms with Crippen molar-refractivity contribution in [3.8, 4) is 0 Å². The SMILES string of the molecule is CCCCCCCCCCCCCCCC(=O)OCCCCCCCC.N=C(N)NCCCC(N)C(=O)O.NC(=O)CC(N)C(=O)O.NC(CC(=O)O)C(=O)O. The molecule has 330 valence electrons. The van der Waals surface area contributed by atoms with Crippen molar-refractivity contribution in [3.63, 3.8) is 0 Å². The molecule has 0 rings (SSSR count). The van der Waals surface area contributed by atoms with Crippen molar-refractivity contribution < 1.29 is 53.9 Å². The van der Waals surface area contributed by atoms with Crippen LogP contribution in [0.1, 0.15) is 168 Å². The summed E-state index contributed by atoms with van der Waals surface area (Å²) >= 11 is 0. The molecule has 0 aromatic rings. The van der Waals surface area contributed by atoms with Gasteiger partial charge in [0.25, 0.3) is 0 Å². The van der Waals surface area contributed by atoms with Gasteiger partial charge < -0.3 is 59.1 Å². The van der Waals surface area contributed by atoms with Crippen LogP contribution in [0, 0.1) is 5.41 Å². The number of primary amides is 1. The Hall–Kier alpha value is -4.03. The standard InChI is InChI=1S/C24H48O2.C6H14N4O2.C4H8N2O3.C4H7NO4/c1-3-5-7-9-11-12-13-14-15-16-17-18-20-22-24(25)26-23-21-19-10-8-6-4-2;7-4(5(11)12)2-1-3-10-6(8)9;2*5-2(4(8)9)1-3(6)7/h3-23H2,1-2H3;4H,1-3,7H2,(H,11,12)(H4,8,9,10);2H,1,5H2,(H2,6,7)(H,8,9);2H,1,5H2,(H,6,7)(H,8,9). The van der Waals surface area contributed by atoms with Gasteiger partial charge in [0.15, 0.2) is 5.96 Å². The van der Waals surface area contributed by atoms with Gasteiger partial charge in [0.2, 0.25) is 5.91 Å². The van der Waals surface area contributed by atoms with Gasteiger partial charge in [-0.25, -0.2) is 0 Å². The smallest absolute Gasteiger partial charge is 0.321 e. The number of hydrogen-bond donors (Lipinski definition) is 11. The molecule has 0 saturated carbocycles. The first-order valence-electron chi connectivity index (χ1n) is 20.1. The van der Waals surface area contributed by atoms with E-state index in [-0.39, 0.29) is 18.3 Å². The fourth-order valence-electron chi connectivity index (χ4n) is 4.68. The lowest BCUT2D eigenvalue weighted by Crippen LogP contribution is -2.34. The third-order valence-electron chi connectivity index (χ3n) is 8.02. The van der Waals surface area contributed by atoms with Crippen molar-refractivity contribution in [1.82, 2.24) is 5.32 Å². The molecular formula is C38H77N7O11. The van der Waals surface area contributed by atoms with Crippen LogP contribution in [0.15, 0.2) is 0 Å². The summed E-state index contributed by atoms with van der Waals surface area (Å²) in [6, 6.07) is -3.27. The highest BCUT2D eigenvalue weighted by atomic mass is 16.5. The maximum Gasteiger partial charge on any atom is 0.321 e. The average Bonchev–Trinajstić information content (AvgIpc) is 3.11. The van der Waals surface area contributed by atoms with Gasteiger partial charge in [-0.1, -0.05) is 123 Å². The van der Waals surface area contributed by atoms with Crippen LogP contribution in [0.3, 0.4) is 0 Å². The lowest BCUT2D eigenvalue weighted by Gasteiger charge is -2.06. The fourth-order valence-corrected chi connectivity index (χ4v) is 4.68. The fraction of sp³-hybridized carbons (Fsp3) is 0.816. The van der Waals surface area contributed by atoms with E-state index in [2.05, 4.69) is 24.9 Å². The molecule has 0 saturated heterocycles. The number of aliphatic carboxylic acids is 4. The highest BCUT2D eigenvalue weighted by Crippen LogP contribution is 2.13. The number of carbonyl (C=O) groups is 6. The second kappa shape index (κ2) is 43.7. The molecule has 56 heavy (non-hydrogen) atoms. The van der Waals surface area contributed by atoms with E-state index in [9.17, 15) is 28.8 Å². The van der Waals surface area contributed by atoms with E-state index in [0.717, 1.165) is 12.8 Å². The number of ether oxygens (including phenoxy) is 1. The molecular weight excluding hydrogens is 730 g/mol. The maximum atomic E-state index is 11.7.